The Morgan fingerprint density at radius 2 is 1.91 bits per heavy atom. The number of nitrogens with zero attached hydrogens (tertiary/aromatic N) is 3. The van der Waals surface area contributed by atoms with Gasteiger partial charge >= 0.3 is 0 Å². The van der Waals surface area contributed by atoms with Crippen molar-refractivity contribution in [3.63, 3.8) is 0 Å². The van der Waals surface area contributed by atoms with Crippen LogP contribution in [0.1, 0.15) is 5.56 Å². The summed E-state index contributed by atoms with van der Waals surface area (Å²) in [5.74, 6) is 1.50. The maximum absolute atomic E-state index is 9.51. The lowest BCUT2D eigenvalue weighted by Crippen LogP contribution is -2.38. The SMILES string of the molecule is ONC(=NCCN1CCOCC1)c1ccc(Oc2ccc3oc4ccccc4c3c2)nc1. The molecule has 1 aliphatic heterocycles. The van der Waals surface area contributed by atoms with Crippen LogP contribution in [0.15, 0.2) is 70.2 Å². The Morgan fingerprint density at radius 3 is 2.72 bits per heavy atom. The van der Waals surface area contributed by atoms with Gasteiger partial charge in [0, 0.05) is 48.2 Å². The number of amidine groups is 1. The molecule has 0 atom stereocenters. The van der Waals surface area contributed by atoms with Gasteiger partial charge in [-0.2, -0.15) is 0 Å². The average Bonchev–Trinajstić information content (AvgIpc) is 3.21. The standard InChI is InChI=1S/C24H24N4O4/c29-27-24(25-9-10-28-11-13-30-14-12-28)17-5-8-23(26-16-17)31-18-6-7-22-20(15-18)19-3-1-2-4-21(19)32-22/h1-8,15-16,29H,9-14H2,(H,25,27). The van der Waals surface area contributed by atoms with Crippen molar-refractivity contribution in [3.8, 4) is 11.6 Å². The number of furan rings is 1. The number of pyridine rings is 1. The van der Waals surface area contributed by atoms with Crippen LogP contribution < -0.4 is 10.2 Å². The normalized spacial score (nSPS) is 15.3. The molecular weight excluding hydrogens is 408 g/mol. The van der Waals surface area contributed by atoms with Gasteiger partial charge in [0.15, 0.2) is 5.84 Å². The highest BCUT2D eigenvalue weighted by Crippen LogP contribution is 2.32. The lowest BCUT2D eigenvalue weighted by molar-refractivity contribution is 0.0394. The lowest BCUT2D eigenvalue weighted by atomic mass is 10.1. The number of hydrogen-bond acceptors (Lipinski definition) is 7. The van der Waals surface area contributed by atoms with Gasteiger partial charge in [0.05, 0.1) is 19.8 Å². The molecule has 1 saturated heterocycles. The Balaban J connectivity index is 1.27. The van der Waals surface area contributed by atoms with Crippen LogP contribution in [0.2, 0.25) is 0 Å². The van der Waals surface area contributed by atoms with Crippen molar-refractivity contribution in [3.05, 3.63) is 66.4 Å². The van der Waals surface area contributed by atoms with E-state index in [1.807, 2.05) is 48.5 Å². The third-order valence-corrected chi connectivity index (χ3v) is 5.48. The van der Waals surface area contributed by atoms with Crippen molar-refractivity contribution >= 4 is 27.8 Å². The zero-order valence-corrected chi connectivity index (χ0v) is 17.5. The van der Waals surface area contributed by atoms with Crippen LogP contribution in [-0.4, -0.2) is 60.3 Å². The van der Waals surface area contributed by atoms with E-state index in [-0.39, 0.29) is 0 Å². The first-order valence-corrected chi connectivity index (χ1v) is 10.6. The summed E-state index contributed by atoms with van der Waals surface area (Å²) in [5, 5.41) is 11.5. The fourth-order valence-electron chi connectivity index (χ4n) is 3.79. The molecule has 32 heavy (non-hydrogen) atoms. The molecule has 0 bridgehead atoms. The predicted octanol–water partition coefficient (Wildman–Crippen LogP) is 3.83. The second-order valence-electron chi connectivity index (χ2n) is 7.54. The van der Waals surface area contributed by atoms with Crippen LogP contribution in [0.4, 0.5) is 0 Å². The van der Waals surface area contributed by atoms with Crippen molar-refractivity contribution in [2.45, 2.75) is 0 Å². The van der Waals surface area contributed by atoms with Gasteiger partial charge in [0.25, 0.3) is 0 Å². The van der Waals surface area contributed by atoms with Crippen LogP contribution in [0.3, 0.4) is 0 Å². The Bertz CT molecular complexity index is 1230. The van der Waals surface area contributed by atoms with E-state index in [4.69, 9.17) is 13.9 Å². The highest BCUT2D eigenvalue weighted by molar-refractivity contribution is 6.05. The number of para-hydroxylation sites is 1. The number of rotatable bonds is 6. The molecule has 8 nitrogen and oxygen atoms in total. The molecule has 3 heterocycles. The van der Waals surface area contributed by atoms with E-state index in [1.54, 1.807) is 12.3 Å². The second kappa shape index (κ2) is 9.35. The van der Waals surface area contributed by atoms with Gasteiger partial charge in [-0.1, -0.05) is 18.2 Å². The summed E-state index contributed by atoms with van der Waals surface area (Å²) in [4.78, 5) is 11.1. The van der Waals surface area contributed by atoms with Gasteiger partial charge in [-0.25, -0.2) is 4.98 Å². The minimum Gasteiger partial charge on any atom is -0.456 e. The number of hydroxylamine groups is 1. The minimum absolute atomic E-state index is 0.378. The third-order valence-electron chi connectivity index (χ3n) is 5.48. The van der Waals surface area contributed by atoms with Crippen LogP contribution in [0.25, 0.3) is 21.9 Å². The molecule has 0 radical (unpaired) electrons. The summed E-state index contributed by atoms with van der Waals surface area (Å²) in [6, 6.07) is 17.2. The molecule has 2 N–H and O–H groups in total. The van der Waals surface area contributed by atoms with Crippen molar-refractivity contribution in [2.24, 2.45) is 4.99 Å². The summed E-state index contributed by atoms with van der Waals surface area (Å²) in [6.45, 7) is 4.71. The molecular formula is C24H24N4O4. The number of fused-ring (bicyclic) bond motifs is 3. The number of aliphatic imine (C=N–C) groups is 1. The molecule has 4 aromatic rings. The molecule has 0 unspecified atom stereocenters. The van der Waals surface area contributed by atoms with Crippen molar-refractivity contribution in [2.75, 3.05) is 39.4 Å². The number of morpholine rings is 1. The third kappa shape index (κ3) is 4.43. The zero-order valence-electron chi connectivity index (χ0n) is 17.5. The smallest absolute Gasteiger partial charge is 0.219 e. The van der Waals surface area contributed by atoms with E-state index in [1.165, 1.54) is 0 Å². The van der Waals surface area contributed by atoms with Crippen LogP contribution in [0.5, 0.6) is 11.6 Å². The van der Waals surface area contributed by atoms with Gasteiger partial charge in [-0.05, 0) is 30.3 Å². The quantitative estimate of drug-likeness (QED) is 0.272. The lowest BCUT2D eigenvalue weighted by Gasteiger charge is -2.25. The van der Waals surface area contributed by atoms with Gasteiger partial charge in [-0.3, -0.25) is 20.6 Å². The maximum atomic E-state index is 9.51. The first-order valence-electron chi connectivity index (χ1n) is 10.6. The minimum atomic E-state index is 0.378. The monoisotopic (exact) mass is 432 g/mol. The first kappa shape index (κ1) is 20.4. The van der Waals surface area contributed by atoms with Crippen LogP contribution in [-0.2, 0) is 4.74 Å². The van der Waals surface area contributed by atoms with Gasteiger partial charge in [0.2, 0.25) is 5.88 Å². The predicted molar refractivity (Wildman–Crippen MR) is 122 cm³/mol. The highest BCUT2D eigenvalue weighted by atomic mass is 16.5. The van der Waals surface area contributed by atoms with E-state index in [9.17, 15) is 5.21 Å². The highest BCUT2D eigenvalue weighted by Gasteiger charge is 2.11. The molecule has 2 aromatic carbocycles. The zero-order chi connectivity index (χ0) is 21.8. The van der Waals surface area contributed by atoms with Crippen LogP contribution in [0, 0.1) is 0 Å². The molecule has 2 aromatic heterocycles. The number of hydrogen-bond donors (Lipinski definition) is 2. The van der Waals surface area contributed by atoms with E-state index in [0.29, 0.717) is 29.6 Å². The van der Waals surface area contributed by atoms with Gasteiger partial charge in [-0.15, -0.1) is 0 Å². The summed E-state index contributed by atoms with van der Waals surface area (Å²) in [7, 11) is 0. The molecule has 1 aliphatic rings. The van der Waals surface area contributed by atoms with E-state index in [0.717, 1.165) is 54.8 Å². The second-order valence-corrected chi connectivity index (χ2v) is 7.54. The Labute approximate surface area is 185 Å². The summed E-state index contributed by atoms with van der Waals surface area (Å²) >= 11 is 0. The van der Waals surface area contributed by atoms with Crippen LogP contribution >= 0.6 is 0 Å². The Kier molecular flexibility index (Phi) is 5.98. The largest absolute Gasteiger partial charge is 0.456 e. The number of benzene rings is 2. The molecule has 0 aliphatic carbocycles. The Morgan fingerprint density at radius 1 is 1.06 bits per heavy atom. The van der Waals surface area contributed by atoms with Crippen molar-refractivity contribution < 1.29 is 19.1 Å². The first-order chi connectivity index (χ1) is 15.8. The number of ether oxygens (including phenoxy) is 2. The van der Waals surface area contributed by atoms with E-state index >= 15 is 0 Å². The van der Waals surface area contributed by atoms with Gasteiger partial charge < -0.3 is 13.9 Å². The molecule has 5 rings (SSSR count). The number of nitrogens with one attached hydrogen (secondary N) is 1. The molecule has 0 amide bonds. The van der Waals surface area contributed by atoms with Gasteiger partial charge in [0.1, 0.15) is 16.9 Å². The fourth-order valence-corrected chi connectivity index (χ4v) is 3.79. The van der Waals surface area contributed by atoms with Crippen molar-refractivity contribution in [1.82, 2.24) is 15.4 Å². The topological polar surface area (TPSA) is 92.4 Å². The molecule has 164 valence electrons. The molecule has 8 heteroatoms. The summed E-state index contributed by atoms with van der Waals surface area (Å²) < 4.78 is 17.2. The maximum Gasteiger partial charge on any atom is 0.219 e. The van der Waals surface area contributed by atoms with Crippen molar-refractivity contribution in [1.29, 1.82) is 0 Å². The fraction of sp³-hybridized carbons (Fsp3) is 0.250. The van der Waals surface area contributed by atoms with E-state index in [2.05, 4.69) is 20.4 Å². The summed E-state index contributed by atoms with van der Waals surface area (Å²) in [6.07, 6.45) is 1.62. The average molecular weight is 432 g/mol. The molecule has 0 saturated carbocycles. The number of aromatic nitrogens is 1. The molecule has 0 spiro atoms. The summed E-state index contributed by atoms with van der Waals surface area (Å²) in [5.41, 5.74) is 4.51. The molecule has 1 fully saturated rings. The van der Waals surface area contributed by atoms with E-state index < -0.39 is 0 Å². The Hall–Kier alpha value is -3.46.